The summed E-state index contributed by atoms with van der Waals surface area (Å²) in [4.78, 5) is 27.8. The lowest BCUT2D eigenvalue weighted by molar-refractivity contribution is -0.140. The second-order valence-electron chi connectivity index (χ2n) is 9.02. The summed E-state index contributed by atoms with van der Waals surface area (Å²) >= 11 is 24.6. The SMILES string of the molecule is C[C@H](C(=O)NC(C)(C)C)N(Cc1ccccc1Cl)C(=O)CN(c1cc(Cl)c(Cl)cc1Cl)S(C)(=O)=O. The average Bonchev–Trinajstić information content (AvgIpc) is 2.71. The van der Waals surface area contributed by atoms with Crippen LogP contribution in [0.5, 0.6) is 0 Å². The molecule has 2 aromatic rings. The molecule has 0 fully saturated rings. The number of carbonyl (C=O) groups is 2. The third kappa shape index (κ3) is 8.15. The van der Waals surface area contributed by atoms with Gasteiger partial charge in [-0.25, -0.2) is 8.42 Å². The molecule has 2 aromatic carbocycles. The molecule has 1 atom stereocenters. The van der Waals surface area contributed by atoms with Gasteiger partial charge in [0.15, 0.2) is 0 Å². The van der Waals surface area contributed by atoms with Crippen LogP contribution >= 0.6 is 46.4 Å². The highest BCUT2D eigenvalue weighted by atomic mass is 35.5. The van der Waals surface area contributed by atoms with Crippen LogP contribution < -0.4 is 9.62 Å². The average molecular weight is 583 g/mol. The Hall–Kier alpha value is -1.71. The number of nitrogens with one attached hydrogen (secondary N) is 1. The predicted molar refractivity (Wildman–Crippen MR) is 143 cm³/mol. The van der Waals surface area contributed by atoms with E-state index in [-0.39, 0.29) is 27.3 Å². The maximum Gasteiger partial charge on any atom is 0.244 e. The van der Waals surface area contributed by atoms with E-state index in [1.807, 2.05) is 20.8 Å². The summed E-state index contributed by atoms with van der Waals surface area (Å²) in [7, 11) is -3.98. The number of hydrogen-bond donors (Lipinski definition) is 1. The van der Waals surface area contributed by atoms with Crippen molar-refractivity contribution in [3.8, 4) is 0 Å². The first-order valence-electron chi connectivity index (χ1n) is 10.5. The fraction of sp³-hybridized carbons (Fsp3) is 0.391. The highest BCUT2D eigenvalue weighted by molar-refractivity contribution is 7.92. The van der Waals surface area contributed by atoms with Crippen molar-refractivity contribution in [1.82, 2.24) is 10.2 Å². The van der Waals surface area contributed by atoms with Crippen LogP contribution in [0, 0.1) is 0 Å². The number of rotatable bonds is 8. The molecule has 0 heterocycles. The first-order valence-corrected chi connectivity index (χ1v) is 13.8. The van der Waals surface area contributed by atoms with E-state index < -0.39 is 40.0 Å². The van der Waals surface area contributed by atoms with Gasteiger partial charge in [-0.2, -0.15) is 0 Å². The van der Waals surface area contributed by atoms with E-state index in [1.165, 1.54) is 17.0 Å². The van der Waals surface area contributed by atoms with E-state index in [1.54, 1.807) is 31.2 Å². The predicted octanol–water partition coefficient (Wildman–Crippen LogP) is 5.40. The van der Waals surface area contributed by atoms with Crippen molar-refractivity contribution in [2.45, 2.75) is 45.8 Å². The van der Waals surface area contributed by atoms with Gasteiger partial charge in [-0.3, -0.25) is 13.9 Å². The standard InChI is InChI=1S/C23H27Cl4N3O4S/c1-14(22(32)28-23(2,3)4)29(12-15-8-6-7-9-16(15)24)21(31)13-30(35(5,33)34)20-11-18(26)17(25)10-19(20)27/h6-11,14H,12-13H2,1-5H3,(H,28,32)/t14-/m1/s1. The van der Waals surface area contributed by atoms with E-state index in [4.69, 9.17) is 46.4 Å². The number of anilines is 1. The Morgan fingerprint density at radius 3 is 2.09 bits per heavy atom. The molecule has 0 spiro atoms. The van der Waals surface area contributed by atoms with Gasteiger partial charge >= 0.3 is 0 Å². The van der Waals surface area contributed by atoms with Gasteiger partial charge in [0.25, 0.3) is 0 Å². The third-order valence-electron chi connectivity index (χ3n) is 4.90. The normalized spacial score (nSPS) is 12.7. The molecule has 0 bridgehead atoms. The van der Waals surface area contributed by atoms with Crippen molar-refractivity contribution in [2.24, 2.45) is 0 Å². The molecule has 0 aromatic heterocycles. The van der Waals surface area contributed by atoms with Crippen molar-refractivity contribution < 1.29 is 18.0 Å². The Bertz CT molecular complexity index is 1220. The summed E-state index contributed by atoms with van der Waals surface area (Å²) in [5, 5.41) is 3.44. The van der Waals surface area contributed by atoms with Crippen LogP contribution in [-0.4, -0.2) is 49.5 Å². The van der Waals surface area contributed by atoms with Crippen LogP contribution in [0.1, 0.15) is 33.3 Å². The zero-order valence-electron chi connectivity index (χ0n) is 19.9. The minimum Gasteiger partial charge on any atom is -0.350 e. The monoisotopic (exact) mass is 581 g/mol. The van der Waals surface area contributed by atoms with E-state index in [0.717, 1.165) is 10.6 Å². The lowest BCUT2D eigenvalue weighted by Gasteiger charge is -2.33. The zero-order chi connectivity index (χ0) is 26.7. The Morgan fingerprint density at radius 1 is 0.971 bits per heavy atom. The third-order valence-corrected chi connectivity index (χ3v) is 7.42. The molecular formula is C23H27Cl4N3O4S. The maximum atomic E-state index is 13.6. The fourth-order valence-electron chi connectivity index (χ4n) is 3.16. The Kier molecular flexibility index (Phi) is 9.75. The summed E-state index contributed by atoms with van der Waals surface area (Å²) in [5.74, 6) is -1.05. The topological polar surface area (TPSA) is 86.8 Å². The summed E-state index contributed by atoms with van der Waals surface area (Å²) in [5.41, 5.74) is 0.0365. The van der Waals surface area contributed by atoms with E-state index in [0.29, 0.717) is 10.6 Å². The summed E-state index contributed by atoms with van der Waals surface area (Å²) in [6.07, 6.45) is 0.938. The molecule has 0 aliphatic rings. The Morgan fingerprint density at radius 2 is 1.54 bits per heavy atom. The lowest BCUT2D eigenvalue weighted by Crippen LogP contribution is -2.54. The van der Waals surface area contributed by atoms with Crippen LogP contribution in [0.25, 0.3) is 0 Å². The number of nitrogens with zero attached hydrogens (tertiary/aromatic N) is 2. The highest BCUT2D eigenvalue weighted by Gasteiger charge is 2.32. The molecule has 0 saturated carbocycles. The maximum absolute atomic E-state index is 13.6. The fourth-order valence-corrected chi connectivity index (χ4v) is 4.91. The molecule has 0 saturated heterocycles. The second kappa shape index (κ2) is 11.6. The van der Waals surface area contributed by atoms with Gasteiger partial charge in [0.05, 0.1) is 27.0 Å². The molecule has 0 unspecified atom stereocenters. The van der Waals surface area contributed by atoms with Crippen LogP contribution in [-0.2, 0) is 26.2 Å². The molecule has 2 amide bonds. The van der Waals surface area contributed by atoms with E-state index >= 15 is 0 Å². The zero-order valence-corrected chi connectivity index (χ0v) is 23.7. The Labute approximate surface area is 226 Å². The van der Waals surface area contributed by atoms with Gasteiger partial charge in [0.1, 0.15) is 12.6 Å². The largest absolute Gasteiger partial charge is 0.350 e. The molecular weight excluding hydrogens is 556 g/mol. The van der Waals surface area contributed by atoms with Gasteiger partial charge in [0.2, 0.25) is 21.8 Å². The molecule has 0 aliphatic carbocycles. The second-order valence-corrected chi connectivity index (χ2v) is 12.6. The highest BCUT2D eigenvalue weighted by Crippen LogP contribution is 2.35. The number of carbonyl (C=O) groups excluding carboxylic acids is 2. The lowest BCUT2D eigenvalue weighted by atomic mass is 10.1. The quantitative estimate of drug-likeness (QED) is 0.422. The summed E-state index contributed by atoms with van der Waals surface area (Å²) < 4.78 is 26.2. The number of benzene rings is 2. The summed E-state index contributed by atoms with van der Waals surface area (Å²) in [6, 6.07) is 8.51. The van der Waals surface area contributed by atoms with Gasteiger partial charge < -0.3 is 10.2 Å². The van der Waals surface area contributed by atoms with Crippen molar-refractivity contribution in [2.75, 3.05) is 17.1 Å². The smallest absolute Gasteiger partial charge is 0.244 e. The molecule has 35 heavy (non-hydrogen) atoms. The number of hydrogen-bond acceptors (Lipinski definition) is 4. The van der Waals surface area contributed by atoms with E-state index in [9.17, 15) is 18.0 Å². The Balaban J connectivity index is 2.49. The van der Waals surface area contributed by atoms with Gasteiger partial charge in [-0.1, -0.05) is 64.6 Å². The van der Waals surface area contributed by atoms with Crippen molar-refractivity contribution in [3.63, 3.8) is 0 Å². The number of sulfonamides is 1. The van der Waals surface area contributed by atoms with Gasteiger partial charge in [-0.05, 0) is 51.5 Å². The molecule has 0 radical (unpaired) electrons. The minimum atomic E-state index is -3.98. The van der Waals surface area contributed by atoms with Crippen molar-refractivity contribution >= 4 is 73.9 Å². The summed E-state index contributed by atoms with van der Waals surface area (Å²) in [6.45, 7) is 6.35. The van der Waals surface area contributed by atoms with Crippen LogP contribution in [0.2, 0.25) is 20.1 Å². The number of halogens is 4. The van der Waals surface area contributed by atoms with Crippen LogP contribution in [0.4, 0.5) is 5.69 Å². The molecule has 2 rings (SSSR count). The molecule has 1 N–H and O–H groups in total. The van der Waals surface area contributed by atoms with E-state index in [2.05, 4.69) is 5.32 Å². The van der Waals surface area contributed by atoms with Crippen molar-refractivity contribution in [3.05, 3.63) is 62.1 Å². The minimum absolute atomic E-state index is 0.00574. The first kappa shape index (κ1) is 29.5. The molecule has 7 nitrogen and oxygen atoms in total. The van der Waals surface area contributed by atoms with Crippen molar-refractivity contribution in [1.29, 1.82) is 0 Å². The van der Waals surface area contributed by atoms with Gasteiger partial charge in [0, 0.05) is 17.1 Å². The number of amides is 2. The first-order chi connectivity index (χ1) is 16.0. The van der Waals surface area contributed by atoms with Crippen LogP contribution in [0.3, 0.4) is 0 Å². The molecule has 12 heteroatoms. The van der Waals surface area contributed by atoms with Gasteiger partial charge in [-0.15, -0.1) is 0 Å². The van der Waals surface area contributed by atoms with Crippen LogP contribution in [0.15, 0.2) is 36.4 Å². The molecule has 192 valence electrons. The molecule has 0 aliphatic heterocycles.